The topological polar surface area (TPSA) is 56.7 Å². The van der Waals surface area contributed by atoms with E-state index < -0.39 is 6.10 Å². The maximum atomic E-state index is 10.1. The van der Waals surface area contributed by atoms with Crippen molar-refractivity contribution < 1.29 is 5.11 Å². The van der Waals surface area contributed by atoms with Crippen LogP contribution in [0.25, 0.3) is 0 Å². The predicted molar refractivity (Wildman–Crippen MR) is 85.7 cm³/mol. The van der Waals surface area contributed by atoms with Crippen molar-refractivity contribution in [1.82, 2.24) is 10.6 Å². The number of halogens is 1. The van der Waals surface area contributed by atoms with E-state index >= 15 is 0 Å². The van der Waals surface area contributed by atoms with Crippen LogP contribution in [0.4, 0.5) is 0 Å². The molecule has 1 aromatic heterocycles. The Morgan fingerprint density at radius 1 is 1.50 bits per heavy atom. The van der Waals surface area contributed by atoms with Gasteiger partial charge in [-0.25, -0.2) is 0 Å². The molecule has 0 bridgehead atoms. The van der Waals surface area contributed by atoms with Crippen molar-refractivity contribution in [2.24, 2.45) is 4.99 Å². The van der Waals surface area contributed by atoms with Gasteiger partial charge in [0, 0.05) is 17.5 Å². The number of aliphatic hydroxyl groups is 1. The third-order valence-electron chi connectivity index (χ3n) is 3.38. The number of guanidine groups is 1. The second kappa shape index (κ2) is 7.86. The van der Waals surface area contributed by atoms with Gasteiger partial charge in [0.15, 0.2) is 5.96 Å². The van der Waals surface area contributed by atoms with E-state index in [1.54, 1.807) is 6.07 Å². The summed E-state index contributed by atoms with van der Waals surface area (Å²) in [5, 5.41) is 16.8. The molecule has 0 radical (unpaired) electrons. The number of hydrogen-bond acceptors (Lipinski definition) is 3. The van der Waals surface area contributed by atoms with Crippen LogP contribution in [0.5, 0.6) is 0 Å². The summed E-state index contributed by atoms with van der Waals surface area (Å²) in [6, 6.07) is 4.17. The smallest absolute Gasteiger partial charge is 0.191 e. The minimum absolute atomic E-state index is 0.346. The van der Waals surface area contributed by atoms with Gasteiger partial charge in [0.2, 0.25) is 0 Å². The molecule has 0 spiro atoms. The lowest BCUT2D eigenvalue weighted by Crippen LogP contribution is -2.42. The highest BCUT2D eigenvalue weighted by atomic mass is 35.5. The molecule has 112 valence electrons. The van der Waals surface area contributed by atoms with E-state index in [-0.39, 0.29) is 0 Å². The summed E-state index contributed by atoms with van der Waals surface area (Å²) in [6.07, 6.45) is 4.38. The van der Waals surface area contributed by atoms with Gasteiger partial charge in [0.05, 0.1) is 10.9 Å². The zero-order chi connectivity index (χ0) is 14.4. The van der Waals surface area contributed by atoms with Crippen molar-refractivity contribution in [3.05, 3.63) is 21.3 Å². The summed E-state index contributed by atoms with van der Waals surface area (Å²) in [4.78, 5) is 5.33. The summed E-state index contributed by atoms with van der Waals surface area (Å²) >= 11 is 7.28. The Hall–Kier alpha value is -0.780. The highest BCUT2D eigenvalue weighted by Crippen LogP contribution is 2.27. The molecule has 6 heteroatoms. The highest BCUT2D eigenvalue weighted by Gasteiger charge is 2.16. The zero-order valence-electron chi connectivity index (χ0n) is 11.7. The second-order valence-electron chi connectivity index (χ2n) is 5.00. The Labute approximate surface area is 129 Å². The van der Waals surface area contributed by atoms with Gasteiger partial charge < -0.3 is 15.7 Å². The van der Waals surface area contributed by atoms with Crippen LogP contribution in [-0.4, -0.2) is 30.2 Å². The van der Waals surface area contributed by atoms with Crippen LogP contribution in [0.1, 0.15) is 43.6 Å². The summed E-state index contributed by atoms with van der Waals surface area (Å²) in [5.74, 6) is 0.793. The van der Waals surface area contributed by atoms with Gasteiger partial charge in [-0.3, -0.25) is 4.99 Å². The van der Waals surface area contributed by atoms with Crippen molar-refractivity contribution >= 4 is 28.9 Å². The summed E-state index contributed by atoms with van der Waals surface area (Å²) in [7, 11) is 0. The first-order valence-electron chi connectivity index (χ1n) is 7.17. The van der Waals surface area contributed by atoms with Gasteiger partial charge in [0.1, 0.15) is 6.10 Å². The fraction of sp³-hybridized carbons (Fsp3) is 0.643. The average molecular weight is 316 g/mol. The molecule has 4 nitrogen and oxygen atoms in total. The molecule has 0 aliphatic heterocycles. The monoisotopic (exact) mass is 315 g/mol. The Balaban J connectivity index is 1.90. The van der Waals surface area contributed by atoms with E-state index in [0.717, 1.165) is 17.4 Å². The number of rotatable bonds is 5. The van der Waals surface area contributed by atoms with Crippen molar-refractivity contribution in [3.8, 4) is 0 Å². The molecule has 0 amide bonds. The van der Waals surface area contributed by atoms with Gasteiger partial charge in [-0.05, 0) is 31.9 Å². The largest absolute Gasteiger partial charge is 0.386 e. The first-order chi connectivity index (χ1) is 9.69. The standard InChI is InChI=1S/C14H22ClN3OS/c1-2-16-14(18-10-5-3-4-6-10)17-9-11(19)12-7-8-13(15)20-12/h7-8,10-11,19H,2-6,9H2,1H3,(H2,16,17,18). The molecule has 1 heterocycles. The zero-order valence-corrected chi connectivity index (χ0v) is 13.3. The number of aliphatic hydroxyl groups excluding tert-OH is 1. The van der Waals surface area contributed by atoms with Crippen LogP contribution < -0.4 is 10.6 Å². The summed E-state index contributed by atoms with van der Waals surface area (Å²) < 4.78 is 0.694. The molecule has 3 N–H and O–H groups in total. The Morgan fingerprint density at radius 2 is 2.25 bits per heavy atom. The average Bonchev–Trinajstić information content (AvgIpc) is 3.07. The lowest BCUT2D eigenvalue weighted by molar-refractivity contribution is 0.191. The Kier molecular flexibility index (Phi) is 6.13. The van der Waals surface area contributed by atoms with Crippen LogP contribution >= 0.6 is 22.9 Å². The van der Waals surface area contributed by atoms with E-state index in [4.69, 9.17) is 11.6 Å². The molecule has 1 aromatic rings. The van der Waals surface area contributed by atoms with Crippen molar-refractivity contribution in [1.29, 1.82) is 0 Å². The van der Waals surface area contributed by atoms with E-state index in [1.165, 1.54) is 37.0 Å². The van der Waals surface area contributed by atoms with Crippen LogP contribution in [0.3, 0.4) is 0 Å². The lowest BCUT2D eigenvalue weighted by atomic mass is 10.2. The maximum absolute atomic E-state index is 10.1. The number of nitrogens with zero attached hydrogens (tertiary/aromatic N) is 1. The third-order valence-corrected chi connectivity index (χ3v) is 4.72. The minimum Gasteiger partial charge on any atom is -0.386 e. The van der Waals surface area contributed by atoms with Crippen molar-refractivity contribution in [2.45, 2.75) is 44.8 Å². The molecular weight excluding hydrogens is 294 g/mol. The summed E-state index contributed by atoms with van der Waals surface area (Å²) in [5.41, 5.74) is 0. The molecule has 1 saturated carbocycles. The van der Waals surface area contributed by atoms with E-state index in [0.29, 0.717) is 16.9 Å². The number of aliphatic imine (C=N–C) groups is 1. The van der Waals surface area contributed by atoms with E-state index in [2.05, 4.69) is 15.6 Å². The quantitative estimate of drug-likeness (QED) is 0.578. The number of hydrogen-bond donors (Lipinski definition) is 3. The molecule has 20 heavy (non-hydrogen) atoms. The van der Waals surface area contributed by atoms with Crippen molar-refractivity contribution in [3.63, 3.8) is 0 Å². The third kappa shape index (κ3) is 4.65. The first-order valence-corrected chi connectivity index (χ1v) is 8.36. The Bertz CT molecular complexity index is 443. The summed E-state index contributed by atoms with van der Waals surface area (Å²) in [6.45, 7) is 3.21. The molecule has 1 unspecified atom stereocenters. The molecular formula is C14H22ClN3OS. The molecule has 1 aliphatic carbocycles. The van der Waals surface area contributed by atoms with Crippen molar-refractivity contribution in [2.75, 3.05) is 13.1 Å². The SMILES string of the molecule is CCNC(=NCC(O)c1ccc(Cl)s1)NC1CCCC1. The highest BCUT2D eigenvalue weighted by molar-refractivity contribution is 7.16. The predicted octanol–water partition coefficient (Wildman–Crippen LogP) is 2.93. The molecule has 2 rings (SSSR count). The second-order valence-corrected chi connectivity index (χ2v) is 6.75. The van der Waals surface area contributed by atoms with Gasteiger partial charge in [0.25, 0.3) is 0 Å². The minimum atomic E-state index is -0.591. The van der Waals surface area contributed by atoms with Gasteiger partial charge in [-0.15, -0.1) is 11.3 Å². The van der Waals surface area contributed by atoms with Crippen LogP contribution in [-0.2, 0) is 0 Å². The van der Waals surface area contributed by atoms with Gasteiger partial charge in [-0.2, -0.15) is 0 Å². The van der Waals surface area contributed by atoms with E-state index in [1.807, 2.05) is 13.0 Å². The van der Waals surface area contributed by atoms with Gasteiger partial charge in [-0.1, -0.05) is 24.4 Å². The maximum Gasteiger partial charge on any atom is 0.191 e. The number of nitrogens with one attached hydrogen (secondary N) is 2. The molecule has 1 atom stereocenters. The fourth-order valence-electron chi connectivity index (χ4n) is 2.36. The molecule has 1 fully saturated rings. The van der Waals surface area contributed by atoms with Crippen LogP contribution in [0, 0.1) is 0 Å². The Morgan fingerprint density at radius 3 is 2.85 bits per heavy atom. The first kappa shape index (κ1) is 15.6. The normalized spacial score (nSPS) is 18.2. The van der Waals surface area contributed by atoms with E-state index in [9.17, 15) is 5.11 Å². The molecule has 0 saturated heterocycles. The fourth-order valence-corrected chi connectivity index (χ4v) is 3.40. The van der Waals surface area contributed by atoms with Crippen LogP contribution in [0.2, 0.25) is 4.34 Å². The molecule has 1 aliphatic rings. The molecule has 0 aromatic carbocycles. The van der Waals surface area contributed by atoms with Crippen LogP contribution in [0.15, 0.2) is 17.1 Å². The number of thiophene rings is 1. The lowest BCUT2D eigenvalue weighted by Gasteiger charge is -2.17. The van der Waals surface area contributed by atoms with Gasteiger partial charge >= 0.3 is 0 Å².